The third-order valence-corrected chi connectivity index (χ3v) is 4.28. The van der Waals surface area contributed by atoms with Crippen molar-refractivity contribution in [1.29, 1.82) is 0 Å². The summed E-state index contributed by atoms with van der Waals surface area (Å²) in [5.74, 6) is -0.944. The molecule has 142 valence electrons. The molecule has 0 amide bonds. The molecule has 0 bridgehead atoms. The lowest BCUT2D eigenvalue weighted by Crippen LogP contribution is -2.19. The molecule has 0 aromatic heterocycles. The van der Waals surface area contributed by atoms with E-state index in [0.717, 1.165) is 32.1 Å². The zero-order valence-corrected chi connectivity index (χ0v) is 15.9. The fourth-order valence-corrected chi connectivity index (χ4v) is 2.85. The summed E-state index contributed by atoms with van der Waals surface area (Å²) in [5, 5.41) is 0. The Balaban J connectivity index is 3.26. The van der Waals surface area contributed by atoms with Crippen molar-refractivity contribution < 1.29 is 23.7 Å². The van der Waals surface area contributed by atoms with Crippen molar-refractivity contribution in [2.75, 3.05) is 0 Å². The van der Waals surface area contributed by atoms with Gasteiger partial charge in [0, 0.05) is 6.42 Å². The molecule has 0 aliphatic heterocycles. The summed E-state index contributed by atoms with van der Waals surface area (Å²) in [5.41, 5.74) is 0. The normalized spacial score (nSPS) is 12.0. The Morgan fingerprint density at radius 1 is 0.833 bits per heavy atom. The molecule has 24 heavy (non-hydrogen) atoms. The summed E-state index contributed by atoms with van der Waals surface area (Å²) in [4.78, 5) is 31.4. The molecule has 5 nitrogen and oxygen atoms in total. The van der Waals surface area contributed by atoms with Crippen molar-refractivity contribution in [3.63, 3.8) is 0 Å². The molecule has 0 aromatic carbocycles. The van der Waals surface area contributed by atoms with E-state index in [-0.39, 0.29) is 6.42 Å². The molecule has 0 radical (unpaired) electrons. The predicted molar refractivity (Wildman–Crippen MR) is 93.2 cm³/mol. The van der Waals surface area contributed by atoms with Crippen molar-refractivity contribution in [2.45, 2.75) is 96.8 Å². The van der Waals surface area contributed by atoms with Crippen LogP contribution in [0.5, 0.6) is 0 Å². The number of rotatable bonds is 16. The van der Waals surface area contributed by atoms with Crippen molar-refractivity contribution in [3.8, 4) is 0 Å². The first-order chi connectivity index (χ1) is 11.5. The first-order valence-corrected chi connectivity index (χ1v) is 10.8. The van der Waals surface area contributed by atoms with E-state index in [4.69, 9.17) is 0 Å². The van der Waals surface area contributed by atoms with Crippen molar-refractivity contribution in [1.82, 2.24) is 0 Å². The maximum Gasteiger partial charge on any atom is 0.309 e. The summed E-state index contributed by atoms with van der Waals surface area (Å²) >= 11 is 0. The zero-order chi connectivity index (χ0) is 18.1. The first kappa shape index (κ1) is 23.4. The van der Waals surface area contributed by atoms with Gasteiger partial charge in [-0.15, -0.1) is 0 Å². The number of carbonyl (C=O) groups excluding carboxylic acids is 1. The number of phosphoric ester groups is 1. The highest BCUT2D eigenvalue weighted by atomic mass is 31.2. The van der Waals surface area contributed by atoms with E-state index in [1.54, 1.807) is 0 Å². The van der Waals surface area contributed by atoms with Gasteiger partial charge in [-0.1, -0.05) is 70.4 Å². The van der Waals surface area contributed by atoms with Crippen LogP contribution in [0.15, 0.2) is 12.2 Å². The lowest BCUT2D eigenvalue weighted by molar-refractivity contribution is -0.337. The Morgan fingerprint density at radius 2 is 1.29 bits per heavy atom. The van der Waals surface area contributed by atoms with Crippen LogP contribution in [0.1, 0.15) is 96.8 Å². The first-order valence-electron chi connectivity index (χ1n) is 9.35. The monoisotopic (exact) mass is 360 g/mol. The van der Waals surface area contributed by atoms with Crippen LogP contribution < -0.4 is 9.79 Å². The third-order valence-electron chi connectivity index (χ3n) is 3.86. The minimum absolute atomic E-state index is 0.00731. The van der Waals surface area contributed by atoms with Gasteiger partial charge in [-0.05, 0) is 32.1 Å². The van der Waals surface area contributed by atoms with Gasteiger partial charge in [-0.25, -0.2) is 0 Å². The number of unbranched alkanes of at least 4 members (excludes halogenated alkanes) is 11. The van der Waals surface area contributed by atoms with Crippen molar-refractivity contribution >= 4 is 13.8 Å². The Hall–Kier alpha value is -0.640. The highest BCUT2D eigenvalue weighted by molar-refractivity contribution is 7.43. The molecule has 0 saturated heterocycles. The SMILES string of the molecule is CCCCCCCC/C=C\CCCCCCCC(=O)OP(=O)([O-])[O-]. The van der Waals surface area contributed by atoms with E-state index in [0.29, 0.717) is 6.42 Å². The molecular formula is C18H33O5P-2. The van der Waals surface area contributed by atoms with E-state index in [1.165, 1.54) is 44.9 Å². The molecule has 0 rings (SSSR count). The summed E-state index contributed by atoms with van der Waals surface area (Å²) in [7, 11) is -5.17. The van der Waals surface area contributed by atoms with E-state index in [1.807, 2.05) is 0 Å². The maximum absolute atomic E-state index is 11.0. The van der Waals surface area contributed by atoms with Crippen LogP contribution in [0.4, 0.5) is 0 Å². The van der Waals surface area contributed by atoms with Gasteiger partial charge in [-0.3, -0.25) is 4.79 Å². The predicted octanol–water partition coefficient (Wildman–Crippen LogP) is 4.40. The smallest absolute Gasteiger partial charge is 0.309 e. The highest BCUT2D eigenvalue weighted by Gasteiger charge is 2.04. The number of carbonyl (C=O) groups is 1. The van der Waals surface area contributed by atoms with Crippen LogP contribution in [-0.2, 0) is 13.9 Å². The fraction of sp³-hybridized carbons (Fsp3) is 0.833. The van der Waals surface area contributed by atoms with Crippen molar-refractivity contribution in [3.05, 3.63) is 12.2 Å². The van der Waals surface area contributed by atoms with Gasteiger partial charge in [0.2, 0.25) is 0 Å². The average Bonchev–Trinajstić information content (AvgIpc) is 2.49. The molecule has 0 unspecified atom stereocenters. The molecule has 6 heteroatoms. The van der Waals surface area contributed by atoms with E-state index < -0.39 is 13.8 Å². The average molecular weight is 360 g/mol. The van der Waals surface area contributed by atoms with Crippen molar-refractivity contribution in [2.24, 2.45) is 0 Å². The molecular weight excluding hydrogens is 327 g/mol. The van der Waals surface area contributed by atoms with Crippen LogP contribution in [0.2, 0.25) is 0 Å². The van der Waals surface area contributed by atoms with Gasteiger partial charge < -0.3 is 18.9 Å². The standard InChI is InChI=1S/C18H35O5P/c1-2-3-4-5-6-7-8-9-10-11-12-13-14-15-16-17-18(19)23-24(20,21)22/h9-10H,2-8,11-17H2,1H3,(H2,20,21,22)/p-2/b10-9-. The second-order valence-corrected chi connectivity index (χ2v) is 7.32. The van der Waals surface area contributed by atoms with Gasteiger partial charge in [0.15, 0.2) is 0 Å². The van der Waals surface area contributed by atoms with Gasteiger partial charge in [0.1, 0.15) is 7.82 Å². The summed E-state index contributed by atoms with van der Waals surface area (Å²) in [6.07, 6.45) is 19.4. The maximum atomic E-state index is 11.0. The molecule has 0 N–H and O–H groups in total. The second kappa shape index (κ2) is 15.9. The lowest BCUT2D eigenvalue weighted by atomic mass is 10.1. The van der Waals surface area contributed by atoms with Gasteiger partial charge >= 0.3 is 5.97 Å². The zero-order valence-electron chi connectivity index (χ0n) is 15.0. The van der Waals surface area contributed by atoms with Gasteiger partial charge in [-0.2, -0.15) is 0 Å². The molecule has 0 aliphatic rings. The summed E-state index contributed by atoms with van der Waals surface area (Å²) in [6.45, 7) is 2.23. The summed E-state index contributed by atoms with van der Waals surface area (Å²) in [6, 6.07) is 0. The number of allylic oxidation sites excluding steroid dienone is 2. The quantitative estimate of drug-likeness (QED) is 0.231. The van der Waals surface area contributed by atoms with Crippen LogP contribution in [0.3, 0.4) is 0 Å². The van der Waals surface area contributed by atoms with Crippen LogP contribution in [0, 0.1) is 0 Å². The minimum Gasteiger partial charge on any atom is -0.780 e. The number of phosphoric acid groups is 1. The number of hydrogen-bond acceptors (Lipinski definition) is 5. The van der Waals surface area contributed by atoms with Crippen LogP contribution in [0.25, 0.3) is 0 Å². The largest absolute Gasteiger partial charge is 0.780 e. The third kappa shape index (κ3) is 19.4. The van der Waals surface area contributed by atoms with Gasteiger partial charge in [0.05, 0.1) is 0 Å². The molecule has 0 saturated carbocycles. The van der Waals surface area contributed by atoms with Gasteiger partial charge in [0.25, 0.3) is 0 Å². The van der Waals surface area contributed by atoms with E-state index in [2.05, 4.69) is 23.6 Å². The minimum atomic E-state index is -5.17. The Morgan fingerprint density at radius 3 is 1.79 bits per heavy atom. The van der Waals surface area contributed by atoms with Crippen LogP contribution >= 0.6 is 7.82 Å². The van der Waals surface area contributed by atoms with E-state index >= 15 is 0 Å². The molecule has 0 spiro atoms. The second-order valence-electron chi connectivity index (χ2n) is 6.24. The molecule has 0 atom stereocenters. The Labute approximate surface area is 147 Å². The Bertz CT molecular complexity index is 376. The molecule has 0 aliphatic carbocycles. The lowest BCUT2D eigenvalue weighted by Gasteiger charge is -2.27. The summed E-state index contributed by atoms with van der Waals surface area (Å²) < 4.78 is 14.0. The van der Waals surface area contributed by atoms with Crippen LogP contribution in [-0.4, -0.2) is 5.97 Å². The number of hydrogen-bond donors (Lipinski definition) is 0. The highest BCUT2D eigenvalue weighted by Crippen LogP contribution is 2.25. The molecule has 0 aromatic rings. The Kier molecular flexibility index (Phi) is 15.4. The molecule has 0 fully saturated rings. The fourth-order valence-electron chi connectivity index (χ4n) is 2.51. The molecule has 0 heterocycles. The topological polar surface area (TPSA) is 89.5 Å². The van der Waals surface area contributed by atoms with E-state index in [9.17, 15) is 19.1 Å².